The summed E-state index contributed by atoms with van der Waals surface area (Å²) in [6.45, 7) is 9.81. The van der Waals surface area contributed by atoms with E-state index in [4.69, 9.17) is 23.2 Å². The van der Waals surface area contributed by atoms with Crippen molar-refractivity contribution >= 4 is 23.2 Å². The Balaban J connectivity index is 2.47. The van der Waals surface area contributed by atoms with Crippen molar-refractivity contribution in [1.82, 2.24) is 5.32 Å². The van der Waals surface area contributed by atoms with Gasteiger partial charge < -0.3 is 5.32 Å². The Labute approximate surface area is 121 Å². The summed E-state index contributed by atoms with van der Waals surface area (Å²) in [5.74, 6) is 0.567. The molecule has 0 aliphatic rings. The molecule has 1 unspecified atom stereocenters. The molecule has 0 spiro atoms. The maximum Gasteiger partial charge on any atom is 0.0452 e. The van der Waals surface area contributed by atoms with E-state index in [1.807, 2.05) is 18.2 Å². The number of benzene rings is 1. The molecule has 1 aromatic rings. The molecule has 0 fully saturated rings. The minimum atomic E-state index is 0.182. The molecule has 0 amide bonds. The van der Waals surface area contributed by atoms with Gasteiger partial charge in [0.05, 0.1) is 0 Å². The zero-order chi connectivity index (χ0) is 13.8. The van der Waals surface area contributed by atoms with Crippen molar-refractivity contribution < 1.29 is 0 Å². The zero-order valence-electron chi connectivity index (χ0n) is 11.7. The predicted octanol–water partition coefficient (Wildman–Crippen LogP) is 4.95. The van der Waals surface area contributed by atoms with Gasteiger partial charge in [0.1, 0.15) is 0 Å². The maximum atomic E-state index is 6.18. The molecule has 18 heavy (non-hydrogen) atoms. The minimum Gasteiger partial charge on any atom is -0.312 e. The van der Waals surface area contributed by atoms with Crippen LogP contribution in [0.5, 0.6) is 0 Å². The molecule has 1 aromatic carbocycles. The van der Waals surface area contributed by atoms with E-state index in [0.29, 0.717) is 5.92 Å². The second kappa shape index (κ2) is 6.79. The lowest BCUT2D eigenvalue weighted by molar-refractivity contribution is 0.394. The van der Waals surface area contributed by atoms with Gasteiger partial charge in [0.25, 0.3) is 0 Å². The van der Waals surface area contributed by atoms with Crippen molar-refractivity contribution in [3.05, 3.63) is 33.8 Å². The lowest BCUT2D eigenvalue weighted by atomic mass is 9.97. The zero-order valence-corrected chi connectivity index (χ0v) is 13.2. The topological polar surface area (TPSA) is 12.0 Å². The van der Waals surface area contributed by atoms with E-state index in [9.17, 15) is 0 Å². The number of hydrogen-bond acceptors (Lipinski definition) is 1. The monoisotopic (exact) mass is 287 g/mol. The maximum absolute atomic E-state index is 6.18. The van der Waals surface area contributed by atoms with E-state index in [-0.39, 0.29) is 5.54 Å². The third-order valence-electron chi connectivity index (χ3n) is 2.91. The van der Waals surface area contributed by atoms with Gasteiger partial charge in [-0.2, -0.15) is 0 Å². The van der Waals surface area contributed by atoms with Crippen LogP contribution in [0, 0.1) is 5.92 Å². The van der Waals surface area contributed by atoms with Gasteiger partial charge in [-0.25, -0.2) is 0 Å². The van der Waals surface area contributed by atoms with E-state index in [2.05, 4.69) is 33.0 Å². The molecular formula is C15H23Cl2N. The normalized spacial score (nSPS) is 13.7. The van der Waals surface area contributed by atoms with Gasteiger partial charge in [0, 0.05) is 15.6 Å². The number of halogens is 2. The van der Waals surface area contributed by atoms with Crippen LogP contribution in [-0.2, 0) is 6.42 Å². The summed E-state index contributed by atoms with van der Waals surface area (Å²) in [7, 11) is 0. The molecule has 0 heterocycles. The Bertz CT molecular complexity index is 362. The van der Waals surface area contributed by atoms with Crippen molar-refractivity contribution in [3.8, 4) is 0 Å². The molecule has 1 N–H and O–H groups in total. The second-order valence-corrected chi connectivity index (χ2v) is 6.79. The quantitative estimate of drug-likeness (QED) is 0.808. The van der Waals surface area contributed by atoms with E-state index < -0.39 is 0 Å². The molecular weight excluding hydrogens is 265 g/mol. The molecule has 0 bridgehead atoms. The highest BCUT2D eigenvalue weighted by Gasteiger charge is 2.12. The lowest BCUT2D eigenvalue weighted by Gasteiger charge is -2.22. The van der Waals surface area contributed by atoms with Crippen molar-refractivity contribution in [2.75, 3.05) is 6.54 Å². The average Bonchev–Trinajstić information content (AvgIpc) is 2.22. The van der Waals surface area contributed by atoms with E-state index >= 15 is 0 Å². The van der Waals surface area contributed by atoms with Gasteiger partial charge in [0.15, 0.2) is 0 Å². The molecule has 0 saturated carbocycles. The van der Waals surface area contributed by atoms with Crippen molar-refractivity contribution in [2.45, 2.75) is 46.1 Å². The van der Waals surface area contributed by atoms with Gasteiger partial charge in [-0.05, 0) is 63.8 Å². The third kappa shape index (κ3) is 5.60. The van der Waals surface area contributed by atoms with E-state index in [1.54, 1.807) is 0 Å². The van der Waals surface area contributed by atoms with Crippen molar-refractivity contribution in [3.63, 3.8) is 0 Å². The van der Waals surface area contributed by atoms with Gasteiger partial charge >= 0.3 is 0 Å². The Morgan fingerprint density at radius 3 is 2.22 bits per heavy atom. The lowest BCUT2D eigenvalue weighted by Crippen LogP contribution is -2.37. The molecule has 102 valence electrons. The fourth-order valence-corrected chi connectivity index (χ4v) is 2.42. The Hall–Kier alpha value is -0.240. The standard InChI is InChI=1S/C15H23Cl2N/c1-11(8-9-18-15(2,3)4)10-12-13(16)6-5-7-14(12)17/h5-7,11,18H,8-10H2,1-4H3. The van der Waals surface area contributed by atoms with Crippen LogP contribution < -0.4 is 5.32 Å². The molecule has 1 rings (SSSR count). The number of rotatable bonds is 5. The Kier molecular flexibility index (Phi) is 5.97. The minimum absolute atomic E-state index is 0.182. The fourth-order valence-electron chi connectivity index (χ4n) is 1.87. The fraction of sp³-hybridized carbons (Fsp3) is 0.600. The molecule has 3 heteroatoms. The third-order valence-corrected chi connectivity index (χ3v) is 3.61. The first-order valence-electron chi connectivity index (χ1n) is 6.47. The summed E-state index contributed by atoms with van der Waals surface area (Å²) in [5, 5.41) is 5.05. The highest BCUT2D eigenvalue weighted by atomic mass is 35.5. The van der Waals surface area contributed by atoms with Crippen LogP contribution >= 0.6 is 23.2 Å². The highest BCUT2D eigenvalue weighted by molar-refractivity contribution is 6.35. The van der Waals surface area contributed by atoms with Gasteiger partial charge in [-0.1, -0.05) is 36.2 Å². The average molecular weight is 288 g/mol. The van der Waals surface area contributed by atoms with Gasteiger partial charge in [-0.15, -0.1) is 0 Å². The summed E-state index contributed by atoms with van der Waals surface area (Å²) in [4.78, 5) is 0. The second-order valence-electron chi connectivity index (χ2n) is 5.97. The molecule has 1 atom stereocenters. The smallest absolute Gasteiger partial charge is 0.0452 e. The summed E-state index contributed by atoms with van der Waals surface area (Å²) in [6, 6.07) is 5.70. The number of hydrogen-bond donors (Lipinski definition) is 1. The molecule has 0 aromatic heterocycles. The van der Waals surface area contributed by atoms with Crippen LogP contribution in [0.15, 0.2) is 18.2 Å². The first-order chi connectivity index (χ1) is 8.29. The molecule has 0 saturated heterocycles. The highest BCUT2D eigenvalue weighted by Crippen LogP contribution is 2.27. The summed E-state index contributed by atoms with van der Waals surface area (Å²) in [6.07, 6.45) is 2.06. The molecule has 0 aliphatic carbocycles. The van der Waals surface area contributed by atoms with Gasteiger partial charge in [0.2, 0.25) is 0 Å². The van der Waals surface area contributed by atoms with Crippen molar-refractivity contribution in [1.29, 1.82) is 0 Å². The van der Waals surface area contributed by atoms with Crippen molar-refractivity contribution in [2.24, 2.45) is 5.92 Å². The first kappa shape index (κ1) is 15.8. The molecule has 1 nitrogen and oxygen atoms in total. The largest absolute Gasteiger partial charge is 0.312 e. The summed E-state index contributed by atoms with van der Waals surface area (Å²) >= 11 is 12.4. The number of nitrogens with one attached hydrogen (secondary N) is 1. The van der Waals surface area contributed by atoms with Crippen LogP contribution in [0.1, 0.15) is 39.7 Å². The van der Waals surface area contributed by atoms with Crippen LogP contribution in [0.25, 0.3) is 0 Å². The Morgan fingerprint density at radius 2 is 1.72 bits per heavy atom. The predicted molar refractivity (Wildman–Crippen MR) is 81.7 cm³/mol. The van der Waals surface area contributed by atoms with Crippen LogP contribution in [-0.4, -0.2) is 12.1 Å². The van der Waals surface area contributed by atoms with Gasteiger partial charge in [-0.3, -0.25) is 0 Å². The van der Waals surface area contributed by atoms with Crippen LogP contribution in [0.2, 0.25) is 10.0 Å². The van der Waals surface area contributed by atoms with E-state index in [1.165, 1.54) is 0 Å². The first-order valence-corrected chi connectivity index (χ1v) is 7.23. The molecule has 0 radical (unpaired) electrons. The Morgan fingerprint density at radius 1 is 1.17 bits per heavy atom. The summed E-state index contributed by atoms with van der Waals surface area (Å²) in [5.41, 5.74) is 1.26. The van der Waals surface area contributed by atoms with Crippen LogP contribution in [0.4, 0.5) is 0 Å². The van der Waals surface area contributed by atoms with E-state index in [0.717, 1.165) is 35.0 Å². The van der Waals surface area contributed by atoms with Crippen LogP contribution in [0.3, 0.4) is 0 Å². The SMILES string of the molecule is CC(CCNC(C)(C)C)Cc1c(Cl)cccc1Cl. The molecule has 0 aliphatic heterocycles. The summed E-state index contributed by atoms with van der Waals surface area (Å²) < 4.78 is 0.